The predicted molar refractivity (Wildman–Crippen MR) is 118 cm³/mol. The molecular formula is C24H22N2O2S. The van der Waals surface area contributed by atoms with Gasteiger partial charge in [0.25, 0.3) is 5.91 Å². The number of rotatable bonds is 7. The Labute approximate surface area is 174 Å². The summed E-state index contributed by atoms with van der Waals surface area (Å²) < 4.78 is 0. The van der Waals surface area contributed by atoms with Gasteiger partial charge in [-0.2, -0.15) is 0 Å². The van der Waals surface area contributed by atoms with Gasteiger partial charge in [-0.15, -0.1) is 11.8 Å². The van der Waals surface area contributed by atoms with Gasteiger partial charge in [-0.1, -0.05) is 54.6 Å². The maximum Gasteiger partial charge on any atom is 0.256 e. The minimum Gasteiger partial charge on any atom is -0.353 e. The SMILES string of the molecule is O=C(CSc1ccccc1C(=O)Nc1ccc(-c2ccccc2)cc1)NC1CC1. The number of hydrogen-bond donors (Lipinski definition) is 2. The van der Waals surface area contributed by atoms with E-state index in [0.29, 0.717) is 17.4 Å². The molecule has 0 unspecified atom stereocenters. The first-order valence-corrected chi connectivity index (χ1v) is 10.7. The van der Waals surface area contributed by atoms with Crippen LogP contribution in [0.4, 0.5) is 5.69 Å². The van der Waals surface area contributed by atoms with E-state index in [-0.39, 0.29) is 11.8 Å². The molecule has 3 aromatic carbocycles. The summed E-state index contributed by atoms with van der Waals surface area (Å²) in [7, 11) is 0. The van der Waals surface area contributed by atoms with Gasteiger partial charge in [0.1, 0.15) is 0 Å². The molecule has 0 aromatic heterocycles. The van der Waals surface area contributed by atoms with Crippen molar-refractivity contribution in [3.63, 3.8) is 0 Å². The summed E-state index contributed by atoms with van der Waals surface area (Å²) in [5.41, 5.74) is 3.54. The zero-order valence-corrected chi connectivity index (χ0v) is 16.7. The molecule has 3 aromatic rings. The third-order valence-electron chi connectivity index (χ3n) is 4.68. The van der Waals surface area contributed by atoms with Crippen molar-refractivity contribution in [2.24, 2.45) is 0 Å². The largest absolute Gasteiger partial charge is 0.353 e. The van der Waals surface area contributed by atoms with Crippen LogP contribution in [0.5, 0.6) is 0 Å². The second kappa shape index (κ2) is 8.97. The van der Waals surface area contributed by atoms with Crippen molar-refractivity contribution in [3.05, 3.63) is 84.4 Å². The molecule has 2 N–H and O–H groups in total. The maximum atomic E-state index is 12.8. The van der Waals surface area contributed by atoms with Crippen LogP contribution in [0.25, 0.3) is 11.1 Å². The van der Waals surface area contributed by atoms with Crippen LogP contribution in [0.2, 0.25) is 0 Å². The number of amides is 2. The molecule has 146 valence electrons. The molecule has 5 heteroatoms. The topological polar surface area (TPSA) is 58.2 Å². The van der Waals surface area contributed by atoms with Crippen LogP contribution >= 0.6 is 11.8 Å². The van der Waals surface area contributed by atoms with Gasteiger partial charge in [0, 0.05) is 16.6 Å². The standard InChI is InChI=1S/C24H22N2O2S/c27-23(25-19-14-15-19)16-29-22-9-5-4-8-21(22)24(28)26-20-12-10-18(11-13-20)17-6-2-1-3-7-17/h1-13,19H,14-16H2,(H,25,27)(H,26,28). The Morgan fingerprint density at radius 1 is 0.828 bits per heavy atom. The van der Waals surface area contributed by atoms with E-state index in [2.05, 4.69) is 22.8 Å². The second-order valence-corrected chi connectivity index (χ2v) is 8.04. The molecule has 0 atom stereocenters. The Balaban J connectivity index is 1.41. The molecule has 1 aliphatic carbocycles. The van der Waals surface area contributed by atoms with Crippen LogP contribution in [0.1, 0.15) is 23.2 Å². The van der Waals surface area contributed by atoms with E-state index in [1.807, 2.05) is 60.7 Å². The highest BCUT2D eigenvalue weighted by Gasteiger charge is 2.23. The lowest BCUT2D eigenvalue weighted by atomic mass is 10.1. The zero-order chi connectivity index (χ0) is 20.1. The van der Waals surface area contributed by atoms with Gasteiger partial charge in [0.15, 0.2) is 0 Å². The van der Waals surface area contributed by atoms with E-state index in [1.165, 1.54) is 11.8 Å². The first-order valence-electron chi connectivity index (χ1n) is 9.67. The van der Waals surface area contributed by atoms with Gasteiger partial charge in [-0.25, -0.2) is 0 Å². The number of thioether (sulfide) groups is 1. The van der Waals surface area contributed by atoms with Crippen molar-refractivity contribution in [1.82, 2.24) is 5.32 Å². The fourth-order valence-electron chi connectivity index (χ4n) is 3.00. The van der Waals surface area contributed by atoms with Crippen molar-refractivity contribution in [3.8, 4) is 11.1 Å². The minimum absolute atomic E-state index is 0.0178. The van der Waals surface area contributed by atoms with Crippen molar-refractivity contribution < 1.29 is 9.59 Å². The van der Waals surface area contributed by atoms with E-state index in [4.69, 9.17) is 0 Å². The highest BCUT2D eigenvalue weighted by atomic mass is 32.2. The second-order valence-electron chi connectivity index (χ2n) is 7.02. The first kappa shape index (κ1) is 19.3. The summed E-state index contributed by atoms with van der Waals surface area (Å²) in [5, 5.41) is 5.93. The minimum atomic E-state index is -0.178. The lowest BCUT2D eigenvalue weighted by molar-refractivity contribution is -0.118. The smallest absolute Gasteiger partial charge is 0.256 e. The molecule has 0 radical (unpaired) electrons. The molecule has 0 heterocycles. The molecular weight excluding hydrogens is 380 g/mol. The van der Waals surface area contributed by atoms with Crippen LogP contribution < -0.4 is 10.6 Å². The molecule has 1 saturated carbocycles. The molecule has 4 rings (SSSR count). The summed E-state index contributed by atoms with van der Waals surface area (Å²) in [5.74, 6) is 0.152. The molecule has 0 spiro atoms. The van der Waals surface area contributed by atoms with E-state index in [9.17, 15) is 9.59 Å². The lowest BCUT2D eigenvalue weighted by Gasteiger charge is -2.11. The van der Waals surface area contributed by atoms with E-state index >= 15 is 0 Å². The quantitative estimate of drug-likeness (QED) is 0.548. The van der Waals surface area contributed by atoms with Crippen LogP contribution in [0, 0.1) is 0 Å². The monoisotopic (exact) mass is 402 g/mol. The van der Waals surface area contributed by atoms with Crippen molar-refractivity contribution in [2.45, 2.75) is 23.8 Å². The Morgan fingerprint density at radius 2 is 1.48 bits per heavy atom. The summed E-state index contributed by atoms with van der Waals surface area (Å²) >= 11 is 1.39. The van der Waals surface area contributed by atoms with Gasteiger partial charge in [-0.3, -0.25) is 9.59 Å². The molecule has 2 amide bonds. The number of carbonyl (C=O) groups is 2. The highest BCUT2D eigenvalue weighted by Crippen LogP contribution is 2.26. The molecule has 1 fully saturated rings. The Morgan fingerprint density at radius 3 is 2.21 bits per heavy atom. The number of hydrogen-bond acceptors (Lipinski definition) is 3. The van der Waals surface area contributed by atoms with Gasteiger partial charge >= 0.3 is 0 Å². The predicted octanol–water partition coefficient (Wildman–Crippen LogP) is 4.98. The molecule has 0 saturated heterocycles. The Bertz CT molecular complexity index is 999. The van der Waals surface area contributed by atoms with Crippen molar-refractivity contribution >= 4 is 29.3 Å². The average Bonchev–Trinajstić information content (AvgIpc) is 3.57. The molecule has 1 aliphatic rings. The number of anilines is 1. The van der Waals surface area contributed by atoms with Gasteiger partial charge in [0.2, 0.25) is 5.91 Å². The Kier molecular flexibility index (Phi) is 5.96. The fourth-order valence-corrected chi connectivity index (χ4v) is 3.86. The van der Waals surface area contributed by atoms with Crippen LogP contribution in [0.15, 0.2) is 83.8 Å². The summed E-state index contributed by atoms with van der Waals surface area (Å²) in [6.45, 7) is 0. The molecule has 0 aliphatic heterocycles. The van der Waals surface area contributed by atoms with E-state index in [0.717, 1.165) is 34.6 Å². The average molecular weight is 403 g/mol. The molecule has 4 nitrogen and oxygen atoms in total. The fraction of sp³-hybridized carbons (Fsp3) is 0.167. The van der Waals surface area contributed by atoms with Crippen LogP contribution in [-0.4, -0.2) is 23.6 Å². The van der Waals surface area contributed by atoms with Crippen molar-refractivity contribution in [1.29, 1.82) is 0 Å². The van der Waals surface area contributed by atoms with E-state index < -0.39 is 0 Å². The van der Waals surface area contributed by atoms with Crippen LogP contribution in [-0.2, 0) is 4.79 Å². The number of nitrogens with one attached hydrogen (secondary N) is 2. The summed E-state index contributed by atoms with van der Waals surface area (Å²) in [4.78, 5) is 25.6. The maximum absolute atomic E-state index is 12.8. The van der Waals surface area contributed by atoms with Gasteiger partial charge in [0.05, 0.1) is 11.3 Å². The Hall–Kier alpha value is -3.05. The van der Waals surface area contributed by atoms with Crippen LogP contribution in [0.3, 0.4) is 0 Å². The molecule has 29 heavy (non-hydrogen) atoms. The number of carbonyl (C=O) groups excluding carboxylic acids is 2. The normalized spacial score (nSPS) is 13.0. The van der Waals surface area contributed by atoms with Gasteiger partial charge < -0.3 is 10.6 Å². The van der Waals surface area contributed by atoms with E-state index in [1.54, 1.807) is 6.07 Å². The highest BCUT2D eigenvalue weighted by molar-refractivity contribution is 8.00. The zero-order valence-electron chi connectivity index (χ0n) is 15.9. The summed E-state index contributed by atoms with van der Waals surface area (Å²) in [6, 6.07) is 25.6. The van der Waals surface area contributed by atoms with Gasteiger partial charge in [-0.05, 0) is 48.2 Å². The lowest BCUT2D eigenvalue weighted by Crippen LogP contribution is -2.27. The third kappa shape index (κ3) is 5.27. The molecule has 0 bridgehead atoms. The summed E-state index contributed by atoms with van der Waals surface area (Å²) in [6.07, 6.45) is 2.14. The first-order chi connectivity index (χ1) is 14.2. The van der Waals surface area contributed by atoms with Crippen molar-refractivity contribution in [2.75, 3.05) is 11.1 Å². The number of benzene rings is 3. The third-order valence-corrected chi connectivity index (χ3v) is 5.76.